The van der Waals surface area contributed by atoms with Crippen LogP contribution in [0.15, 0.2) is 60.7 Å². The third kappa shape index (κ3) is 5.23. The lowest BCUT2D eigenvalue weighted by Crippen LogP contribution is -2.08. The minimum Gasteiger partial charge on any atom is -0.506 e. The molecule has 0 atom stereocenters. The first-order chi connectivity index (χ1) is 14.0. The normalized spacial score (nSPS) is 10.8. The van der Waals surface area contributed by atoms with Crippen LogP contribution in [0.4, 0.5) is 17.1 Å². The van der Waals surface area contributed by atoms with Crippen LogP contribution < -0.4 is 19.7 Å². The van der Waals surface area contributed by atoms with Gasteiger partial charge in [-0.2, -0.15) is 0 Å². The van der Waals surface area contributed by atoms with Crippen LogP contribution in [0.2, 0.25) is 0 Å². The first-order valence-corrected chi connectivity index (χ1v) is 9.27. The highest BCUT2D eigenvalue weighted by Crippen LogP contribution is 2.31. The molecule has 3 rings (SSSR count). The van der Waals surface area contributed by atoms with Gasteiger partial charge in [-0.05, 0) is 53.6 Å². The first-order valence-electron chi connectivity index (χ1n) is 9.27. The zero-order valence-electron chi connectivity index (χ0n) is 17.1. The van der Waals surface area contributed by atoms with E-state index in [1.54, 1.807) is 20.3 Å². The maximum absolute atomic E-state index is 10.1. The quantitative estimate of drug-likeness (QED) is 0.418. The highest BCUT2D eigenvalue weighted by Gasteiger charge is 2.05. The zero-order valence-corrected chi connectivity index (χ0v) is 17.1. The van der Waals surface area contributed by atoms with Crippen LogP contribution in [0.25, 0.3) is 12.2 Å². The Hall–Kier alpha value is -3.60. The van der Waals surface area contributed by atoms with Crippen molar-refractivity contribution < 1.29 is 14.6 Å². The Bertz CT molecular complexity index is 973. The van der Waals surface area contributed by atoms with Gasteiger partial charge in [-0.15, -0.1) is 0 Å². The summed E-state index contributed by atoms with van der Waals surface area (Å²) in [4.78, 5) is 1.99. The lowest BCUT2D eigenvalue weighted by molar-refractivity contribution is 0.394. The molecule has 0 bridgehead atoms. The number of hydrogen-bond acceptors (Lipinski definition) is 5. The highest BCUT2D eigenvalue weighted by atomic mass is 16.5. The number of ether oxygens (including phenoxy) is 2. The molecule has 0 saturated heterocycles. The molecule has 0 spiro atoms. The Labute approximate surface area is 171 Å². The topological polar surface area (TPSA) is 54.0 Å². The smallest absolute Gasteiger partial charge is 0.139 e. The lowest BCUT2D eigenvalue weighted by Gasteiger charge is -2.15. The summed E-state index contributed by atoms with van der Waals surface area (Å²) in [7, 11) is 7.21. The molecule has 0 fully saturated rings. The predicted molar refractivity (Wildman–Crippen MR) is 121 cm³/mol. The molecular formula is C24H26N2O3. The Morgan fingerprint density at radius 3 is 2.00 bits per heavy atom. The number of phenolic OH excluding ortho intramolecular Hbond substituents is 1. The van der Waals surface area contributed by atoms with E-state index in [-0.39, 0.29) is 5.75 Å². The van der Waals surface area contributed by atoms with Crippen molar-refractivity contribution in [2.24, 2.45) is 0 Å². The molecular weight excluding hydrogens is 364 g/mol. The van der Waals surface area contributed by atoms with Gasteiger partial charge in [0.1, 0.15) is 17.2 Å². The molecule has 0 radical (unpaired) electrons. The number of phenols is 1. The summed E-state index contributed by atoms with van der Waals surface area (Å²) in [6, 6.07) is 19.2. The predicted octanol–water partition coefficient (Wildman–Crippen LogP) is 5.39. The zero-order chi connectivity index (χ0) is 20.8. The fourth-order valence-electron chi connectivity index (χ4n) is 2.85. The molecule has 0 heterocycles. The molecule has 3 aromatic rings. The van der Waals surface area contributed by atoms with Gasteiger partial charge < -0.3 is 24.8 Å². The van der Waals surface area contributed by atoms with E-state index in [1.165, 1.54) is 0 Å². The van der Waals surface area contributed by atoms with E-state index in [4.69, 9.17) is 9.47 Å². The number of methoxy groups -OCH3 is 2. The highest BCUT2D eigenvalue weighted by molar-refractivity contribution is 5.74. The SMILES string of the molecule is COc1cc(/C=C/c2ccc(Nc3cc(N(C)C)ccc3O)cc2)cc(OC)c1. The van der Waals surface area contributed by atoms with Crippen LogP contribution >= 0.6 is 0 Å². The second-order valence-corrected chi connectivity index (χ2v) is 6.82. The van der Waals surface area contributed by atoms with Crippen LogP contribution in [0, 0.1) is 0 Å². The van der Waals surface area contributed by atoms with E-state index in [0.29, 0.717) is 5.69 Å². The molecule has 0 amide bonds. The summed E-state index contributed by atoms with van der Waals surface area (Å²) < 4.78 is 10.6. The van der Waals surface area contributed by atoms with E-state index in [0.717, 1.165) is 34.0 Å². The van der Waals surface area contributed by atoms with Crippen molar-refractivity contribution in [3.05, 3.63) is 71.8 Å². The molecule has 2 N–H and O–H groups in total. The van der Waals surface area contributed by atoms with Gasteiger partial charge in [0.05, 0.1) is 19.9 Å². The average molecular weight is 390 g/mol. The summed E-state index contributed by atoms with van der Waals surface area (Å²) >= 11 is 0. The van der Waals surface area contributed by atoms with E-state index >= 15 is 0 Å². The fraction of sp³-hybridized carbons (Fsp3) is 0.167. The molecule has 5 nitrogen and oxygen atoms in total. The van der Waals surface area contributed by atoms with Gasteiger partial charge in [-0.25, -0.2) is 0 Å². The van der Waals surface area contributed by atoms with Crippen LogP contribution in [0.3, 0.4) is 0 Å². The van der Waals surface area contributed by atoms with Gasteiger partial charge in [0, 0.05) is 31.5 Å². The molecule has 0 aromatic heterocycles. The van der Waals surface area contributed by atoms with Gasteiger partial charge in [-0.3, -0.25) is 0 Å². The van der Waals surface area contributed by atoms with Crippen molar-refractivity contribution in [3.8, 4) is 17.2 Å². The summed E-state index contributed by atoms with van der Waals surface area (Å²) in [6.07, 6.45) is 4.04. The molecule has 0 aliphatic rings. The Balaban J connectivity index is 1.74. The van der Waals surface area contributed by atoms with Crippen LogP contribution in [-0.2, 0) is 0 Å². The number of nitrogens with one attached hydrogen (secondary N) is 1. The standard InChI is InChI=1S/C24H26N2O3/c1-26(2)20-11-12-24(27)23(15-20)25-19-9-7-17(8-10-19)5-6-18-13-21(28-3)16-22(14-18)29-4/h5-16,25,27H,1-4H3/b6-5+. The molecule has 3 aromatic carbocycles. The number of aromatic hydroxyl groups is 1. The molecule has 29 heavy (non-hydrogen) atoms. The maximum Gasteiger partial charge on any atom is 0.139 e. The van der Waals surface area contributed by atoms with Gasteiger partial charge in [0.25, 0.3) is 0 Å². The van der Waals surface area contributed by atoms with Gasteiger partial charge in [0.15, 0.2) is 0 Å². The van der Waals surface area contributed by atoms with Gasteiger partial charge >= 0.3 is 0 Å². The third-order valence-corrected chi connectivity index (χ3v) is 4.53. The molecule has 0 saturated carbocycles. The van der Waals surface area contributed by atoms with E-state index in [1.807, 2.05) is 85.7 Å². The number of benzene rings is 3. The van der Waals surface area contributed by atoms with Crippen molar-refractivity contribution >= 4 is 29.2 Å². The number of anilines is 3. The number of nitrogens with zero attached hydrogens (tertiary/aromatic N) is 1. The monoisotopic (exact) mass is 390 g/mol. The summed E-state index contributed by atoms with van der Waals surface area (Å²) in [5.74, 6) is 1.72. The van der Waals surface area contributed by atoms with Crippen molar-refractivity contribution in [1.29, 1.82) is 0 Å². The molecule has 0 aliphatic heterocycles. The average Bonchev–Trinajstić information content (AvgIpc) is 2.74. The fourth-order valence-corrected chi connectivity index (χ4v) is 2.85. The number of hydrogen-bond donors (Lipinski definition) is 2. The van der Waals surface area contributed by atoms with Crippen molar-refractivity contribution in [2.75, 3.05) is 38.5 Å². The van der Waals surface area contributed by atoms with E-state index in [9.17, 15) is 5.11 Å². The van der Waals surface area contributed by atoms with E-state index < -0.39 is 0 Å². The van der Waals surface area contributed by atoms with Crippen molar-refractivity contribution in [2.45, 2.75) is 0 Å². The summed E-state index contributed by atoms with van der Waals surface area (Å²) in [6.45, 7) is 0. The van der Waals surface area contributed by atoms with E-state index in [2.05, 4.69) is 5.32 Å². The van der Waals surface area contributed by atoms with Gasteiger partial charge in [-0.1, -0.05) is 24.3 Å². The van der Waals surface area contributed by atoms with Crippen LogP contribution in [-0.4, -0.2) is 33.4 Å². The minimum absolute atomic E-state index is 0.214. The molecule has 150 valence electrons. The second kappa shape index (κ2) is 9.06. The minimum atomic E-state index is 0.214. The third-order valence-electron chi connectivity index (χ3n) is 4.53. The van der Waals surface area contributed by atoms with Gasteiger partial charge in [0.2, 0.25) is 0 Å². The lowest BCUT2D eigenvalue weighted by atomic mass is 10.1. The second-order valence-electron chi connectivity index (χ2n) is 6.82. The molecule has 0 unspecified atom stereocenters. The van der Waals surface area contributed by atoms with Crippen LogP contribution in [0.1, 0.15) is 11.1 Å². The van der Waals surface area contributed by atoms with Crippen molar-refractivity contribution in [1.82, 2.24) is 0 Å². The van der Waals surface area contributed by atoms with Crippen LogP contribution in [0.5, 0.6) is 17.2 Å². The Morgan fingerprint density at radius 2 is 1.41 bits per heavy atom. The summed E-state index contributed by atoms with van der Waals surface area (Å²) in [5, 5.41) is 13.4. The largest absolute Gasteiger partial charge is 0.506 e. The first kappa shape index (κ1) is 20.1. The Morgan fingerprint density at radius 1 is 0.793 bits per heavy atom. The molecule has 5 heteroatoms. The summed E-state index contributed by atoms with van der Waals surface area (Å²) in [5.41, 5.74) is 4.63. The molecule has 0 aliphatic carbocycles. The van der Waals surface area contributed by atoms with Crippen molar-refractivity contribution in [3.63, 3.8) is 0 Å². The Kier molecular flexibility index (Phi) is 6.29. The maximum atomic E-state index is 10.1. The number of rotatable bonds is 7.